The van der Waals surface area contributed by atoms with Crippen LogP contribution >= 0.6 is 11.6 Å². The largest absolute Gasteiger partial charge is 0.310 e. The molecule has 2 heteroatoms. The van der Waals surface area contributed by atoms with Gasteiger partial charge in [0.1, 0.15) is 0 Å². The van der Waals surface area contributed by atoms with Gasteiger partial charge in [-0.2, -0.15) is 0 Å². The smallest absolute Gasteiger partial charge is 0.0479 e. The molecule has 0 fully saturated rings. The summed E-state index contributed by atoms with van der Waals surface area (Å²) in [7, 11) is 0. The van der Waals surface area contributed by atoms with Gasteiger partial charge in [-0.1, -0.05) is 79.1 Å². The summed E-state index contributed by atoms with van der Waals surface area (Å²) in [6.07, 6.45) is 4.56. The predicted molar refractivity (Wildman–Crippen MR) is 161 cm³/mol. The minimum absolute atomic E-state index is 0.0482. The number of anilines is 3. The Hall–Kier alpha value is -2.25. The van der Waals surface area contributed by atoms with E-state index in [1.807, 2.05) is 6.07 Å². The van der Waals surface area contributed by atoms with Gasteiger partial charge in [-0.25, -0.2) is 0 Å². The van der Waals surface area contributed by atoms with Crippen molar-refractivity contribution >= 4 is 28.7 Å². The molecule has 0 saturated heterocycles. The third kappa shape index (κ3) is 4.63. The molecule has 0 atom stereocenters. The second-order valence-corrected chi connectivity index (χ2v) is 14.5. The molecule has 5 rings (SSSR count). The molecule has 0 saturated carbocycles. The van der Waals surface area contributed by atoms with Crippen LogP contribution in [0.15, 0.2) is 54.6 Å². The van der Waals surface area contributed by atoms with Gasteiger partial charge in [0.2, 0.25) is 0 Å². The first-order valence-corrected chi connectivity index (χ1v) is 14.1. The first-order valence-electron chi connectivity index (χ1n) is 15.2. The molecule has 2 aliphatic carbocycles. The Balaban J connectivity index is 1.78. The highest BCUT2D eigenvalue weighted by atomic mass is 35.5. The van der Waals surface area contributed by atoms with Crippen molar-refractivity contribution in [1.82, 2.24) is 0 Å². The van der Waals surface area contributed by atoms with Crippen LogP contribution in [0.3, 0.4) is 0 Å². The zero-order chi connectivity index (χ0) is 29.5. The molecule has 1 nitrogen and oxygen atoms in total. The van der Waals surface area contributed by atoms with E-state index in [0.717, 1.165) is 42.7 Å². The summed E-state index contributed by atoms with van der Waals surface area (Å²) in [6, 6.07) is 18.9. The molecule has 0 spiro atoms. The summed E-state index contributed by atoms with van der Waals surface area (Å²) < 4.78 is 24.3. The number of halogens is 1. The SMILES string of the molecule is [2H]C([2H])([2H])c1cc(Cl)cc(N(c2ccc3c(c2)C(C)(C)CCC3(C)C)c2ccc3c(c2)C(C)(C)CCC3(C)C)c1. The maximum absolute atomic E-state index is 8.11. The summed E-state index contributed by atoms with van der Waals surface area (Å²) in [5.41, 5.74) is 8.90. The lowest BCUT2D eigenvalue weighted by atomic mass is 9.63. The van der Waals surface area contributed by atoms with E-state index in [9.17, 15) is 0 Å². The van der Waals surface area contributed by atoms with Crippen LogP contribution in [0.2, 0.25) is 5.02 Å². The summed E-state index contributed by atoms with van der Waals surface area (Å²) >= 11 is 6.59. The Morgan fingerprint density at radius 3 is 1.43 bits per heavy atom. The van der Waals surface area contributed by atoms with E-state index in [-0.39, 0.29) is 27.2 Å². The average Bonchev–Trinajstić information content (AvgIpc) is 2.84. The minimum atomic E-state index is -2.25. The van der Waals surface area contributed by atoms with Gasteiger partial charge in [0.15, 0.2) is 0 Å². The molecule has 196 valence electrons. The zero-order valence-corrected chi connectivity index (χ0v) is 24.6. The summed E-state index contributed by atoms with van der Waals surface area (Å²) in [6.45, 7) is 16.5. The molecular weight excluding hydrogens is 470 g/mol. The average molecular weight is 517 g/mol. The maximum Gasteiger partial charge on any atom is 0.0479 e. The van der Waals surface area contributed by atoms with Gasteiger partial charge in [-0.05, 0) is 124 Å². The van der Waals surface area contributed by atoms with E-state index in [2.05, 4.69) is 96.7 Å². The highest BCUT2D eigenvalue weighted by Crippen LogP contribution is 2.50. The van der Waals surface area contributed by atoms with Crippen LogP contribution in [-0.2, 0) is 21.7 Å². The van der Waals surface area contributed by atoms with E-state index in [4.69, 9.17) is 15.7 Å². The van der Waals surface area contributed by atoms with E-state index in [1.165, 1.54) is 22.3 Å². The molecule has 3 aromatic carbocycles. The summed E-state index contributed by atoms with van der Waals surface area (Å²) in [4.78, 5) is 2.21. The lowest BCUT2D eigenvalue weighted by molar-refractivity contribution is 0.332. The van der Waals surface area contributed by atoms with Gasteiger partial charge in [-0.15, -0.1) is 0 Å². The fourth-order valence-corrected chi connectivity index (χ4v) is 6.81. The molecule has 0 aromatic heterocycles. The monoisotopic (exact) mass is 516 g/mol. The van der Waals surface area contributed by atoms with Crippen LogP contribution in [-0.4, -0.2) is 0 Å². The van der Waals surface area contributed by atoms with Gasteiger partial charge in [0.25, 0.3) is 0 Å². The second kappa shape index (κ2) is 8.63. The molecular formula is C35H44ClN. The van der Waals surface area contributed by atoms with Gasteiger partial charge in [0.05, 0.1) is 0 Å². The van der Waals surface area contributed by atoms with Crippen molar-refractivity contribution in [3.63, 3.8) is 0 Å². The molecule has 0 unspecified atom stereocenters. The van der Waals surface area contributed by atoms with Crippen LogP contribution in [0, 0.1) is 6.85 Å². The van der Waals surface area contributed by atoms with Crippen molar-refractivity contribution in [1.29, 1.82) is 0 Å². The van der Waals surface area contributed by atoms with Crippen LogP contribution < -0.4 is 4.90 Å². The number of fused-ring (bicyclic) bond motifs is 2. The van der Waals surface area contributed by atoms with Crippen molar-refractivity contribution in [2.24, 2.45) is 0 Å². The molecule has 37 heavy (non-hydrogen) atoms. The zero-order valence-electron chi connectivity index (χ0n) is 26.8. The Morgan fingerprint density at radius 1 is 0.568 bits per heavy atom. The Morgan fingerprint density at radius 2 is 1.00 bits per heavy atom. The van der Waals surface area contributed by atoms with E-state index in [0.29, 0.717) is 5.02 Å². The number of aryl methyl sites for hydroxylation is 1. The highest BCUT2D eigenvalue weighted by molar-refractivity contribution is 6.31. The lowest BCUT2D eigenvalue weighted by Crippen LogP contribution is -2.34. The van der Waals surface area contributed by atoms with Crippen molar-refractivity contribution in [2.75, 3.05) is 4.90 Å². The van der Waals surface area contributed by atoms with Crippen LogP contribution in [0.25, 0.3) is 0 Å². The molecule has 0 N–H and O–H groups in total. The van der Waals surface area contributed by atoms with Gasteiger partial charge in [-0.3, -0.25) is 0 Å². The minimum Gasteiger partial charge on any atom is -0.310 e. The Bertz CT molecular complexity index is 1380. The predicted octanol–water partition coefficient (Wildman–Crippen LogP) is 10.8. The molecule has 2 aliphatic rings. The van der Waals surface area contributed by atoms with Crippen LogP contribution in [0.5, 0.6) is 0 Å². The number of benzene rings is 3. The Kier molecular flexibility index (Phi) is 5.30. The van der Waals surface area contributed by atoms with Gasteiger partial charge < -0.3 is 4.90 Å². The van der Waals surface area contributed by atoms with E-state index in [1.54, 1.807) is 12.1 Å². The van der Waals surface area contributed by atoms with E-state index >= 15 is 0 Å². The molecule has 0 heterocycles. The molecule has 0 aliphatic heterocycles. The summed E-state index contributed by atoms with van der Waals surface area (Å²) in [5.74, 6) is 0. The third-order valence-corrected chi connectivity index (χ3v) is 9.55. The second-order valence-electron chi connectivity index (χ2n) is 14.0. The molecule has 3 aromatic rings. The number of nitrogens with zero attached hydrogens (tertiary/aromatic N) is 1. The highest BCUT2D eigenvalue weighted by Gasteiger charge is 2.39. The first-order chi connectivity index (χ1) is 18.3. The molecule has 0 bridgehead atoms. The van der Waals surface area contributed by atoms with Crippen molar-refractivity contribution in [3.05, 3.63) is 87.4 Å². The lowest BCUT2D eigenvalue weighted by Gasteiger charge is -2.43. The Labute approximate surface area is 234 Å². The standard InChI is InChI=1S/C35H44ClN/c1-23-18-24(36)20-27(19-23)37(25-10-12-28-30(21-25)34(6,7)16-14-32(28,2)3)26-11-13-29-31(22-26)35(8,9)17-15-33(29,4)5/h10-13,18-22H,14-17H2,1-9H3/i1D3. The van der Waals surface area contributed by atoms with Gasteiger partial charge >= 0.3 is 0 Å². The number of hydrogen-bond acceptors (Lipinski definition) is 1. The molecule has 0 radical (unpaired) electrons. The van der Waals surface area contributed by atoms with Crippen molar-refractivity contribution in [2.45, 2.75) is 110 Å². The fourth-order valence-electron chi connectivity index (χ4n) is 6.58. The topological polar surface area (TPSA) is 3.24 Å². The van der Waals surface area contributed by atoms with Crippen molar-refractivity contribution in [3.8, 4) is 0 Å². The summed E-state index contributed by atoms with van der Waals surface area (Å²) in [5, 5.41) is 0.424. The van der Waals surface area contributed by atoms with E-state index < -0.39 is 6.85 Å². The third-order valence-electron chi connectivity index (χ3n) is 9.33. The first kappa shape index (κ1) is 22.7. The van der Waals surface area contributed by atoms with Gasteiger partial charge in [0, 0.05) is 26.2 Å². The number of hydrogen-bond donors (Lipinski definition) is 0. The number of rotatable bonds is 3. The van der Waals surface area contributed by atoms with Crippen molar-refractivity contribution < 1.29 is 4.11 Å². The fraction of sp³-hybridized carbons (Fsp3) is 0.486. The van der Waals surface area contributed by atoms with Crippen LogP contribution in [0.1, 0.15) is 113 Å². The normalized spacial score (nSPS) is 22.1. The van der Waals surface area contributed by atoms with Crippen LogP contribution in [0.4, 0.5) is 17.1 Å². The maximum atomic E-state index is 8.11. The quantitative estimate of drug-likeness (QED) is 0.334. The molecule has 0 amide bonds.